The summed E-state index contributed by atoms with van der Waals surface area (Å²) in [6.45, 7) is 2.11. The highest BCUT2D eigenvalue weighted by Gasteiger charge is 2.04. The predicted molar refractivity (Wildman–Crippen MR) is 69.4 cm³/mol. The number of thiol groups is 1. The first-order valence-corrected chi connectivity index (χ1v) is 6.28. The Kier molecular flexibility index (Phi) is 3.00. The molecule has 2 aromatic rings. The van der Waals surface area contributed by atoms with Crippen molar-refractivity contribution in [3.05, 3.63) is 39.7 Å². The van der Waals surface area contributed by atoms with Gasteiger partial charge in [0.05, 0.1) is 3.79 Å². The van der Waals surface area contributed by atoms with E-state index >= 15 is 0 Å². The van der Waals surface area contributed by atoms with E-state index in [1.807, 2.05) is 12.1 Å². The molecule has 0 saturated heterocycles. The Labute approximate surface area is 102 Å². The van der Waals surface area contributed by atoms with Gasteiger partial charge in [0.1, 0.15) is 0 Å². The van der Waals surface area contributed by atoms with Crippen molar-refractivity contribution in [2.24, 2.45) is 0 Å². The van der Waals surface area contributed by atoms with Crippen molar-refractivity contribution in [3.63, 3.8) is 0 Å². The molecule has 14 heavy (non-hydrogen) atoms. The lowest BCUT2D eigenvalue weighted by molar-refractivity contribution is 1.47. The SMILES string of the molecule is Cc1cc(-c2ccc(S)cc2)sc1Br. The fourth-order valence-electron chi connectivity index (χ4n) is 1.23. The minimum Gasteiger partial charge on any atom is -0.143 e. The molecule has 0 atom stereocenters. The molecule has 1 aromatic carbocycles. The molecule has 0 bridgehead atoms. The second-order valence-corrected chi connectivity index (χ2v) is 6.00. The van der Waals surface area contributed by atoms with Gasteiger partial charge in [-0.15, -0.1) is 24.0 Å². The van der Waals surface area contributed by atoms with Gasteiger partial charge < -0.3 is 0 Å². The van der Waals surface area contributed by atoms with E-state index in [-0.39, 0.29) is 0 Å². The molecular formula is C11H9BrS2. The lowest BCUT2D eigenvalue weighted by Gasteiger charge is -1.96. The van der Waals surface area contributed by atoms with E-state index in [0.717, 1.165) is 4.90 Å². The van der Waals surface area contributed by atoms with E-state index in [9.17, 15) is 0 Å². The highest BCUT2D eigenvalue weighted by molar-refractivity contribution is 9.11. The van der Waals surface area contributed by atoms with E-state index in [4.69, 9.17) is 0 Å². The Morgan fingerprint density at radius 3 is 2.36 bits per heavy atom. The topological polar surface area (TPSA) is 0 Å². The zero-order valence-corrected chi connectivity index (χ0v) is 10.9. The largest absolute Gasteiger partial charge is 0.143 e. The van der Waals surface area contributed by atoms with Gasteiger partial charge in [0, 0.05) is 9.77 Å². The molecule has 3 heteroatoms. The Morgan fingerprint density at radius 1 is 1.21 bits per heavy atom. The van der Waals surface area contributed by atoms with Crippen LogP contribution in [0, 0.1) is 6.92 Å². The quantitative estimate of drug-likeness (QED) is 0.716. The number of benzene rings is 1. The molecule has 0 unspecified atom stereocenters. The maximum atomic E-state index is 4.26. The third-order valence-corrected chi connectivity index (χ3v) is 4.49. The van der Waals surface area contributed by atoms with Crippen LogP contribution in [0.25, 0.3) is 10.4 Å². The first-order chi connectivity index (χ1) is 6.66. The zero-order valence-electron chi connectivity index (χ0n) is 7.62. The standard InChI is InChI=1S/C11H9BrS2/c1-7-6-10(14-11(7)12)8-2-4-9(13)5-3-8/h2-6,13H,1H3. The van der Waals surface area contributed by atoms with Crippen molar-refractivity contribution in [1.82, 2.24) is 0 Å². The number of aryl methyl sites for hydroxylation is 1. The average molecular weight is 285 g/mol. The lowest BCUT2D eigenvalue weighted by Crippen LogP contribution is -1.71. The van der Waals surface area contributed by atoms with Gasteiger partial charge in [-0.2, -0.15) is 0 Å². The number of thiophene rings is 1. The van der Waals surface area contributed by atoms with Crippen LogP contribution in [-0.2, 0) is 0 Å². The Morgan fingerprint density at radius 2 is 1.86 bits per heavy atom. The van der Waals surface area contributed by atoms with Crippen molar-refractivity contribution in [2.45, 2.75) is 11.8 Å². The summed E-state index contributed by atoms with van der Waals surface area (Å²) in [5.74, 6) is 0. The molecule has 0 aliphatic rings. The molecule has 72 valence electrons. The summed E-state index contributed by atoms with van der Waals surface area (Å²) in [6, 6.07) is 10.4. The van der Waals surface area contributed by atoms with Gasteiger partial charge in [0.25, 0.3) is 0 Å². The predicted octanol–water partition coefficient (Wildman–Crippen LogP) is 4.77. The van der Waals surface area contributed by atoms with Gasteiger partial charge in [-0.1, -0.05) is 12.1 Å². The maximum Gasteiger partial charge on any atom is 0.0734 e. The van der Waals surface area contributed by atoms with Gasteiger partial charge in [-0.05, 0) is 52.2 Å². The lowest BCUT2D eigenvalue weighted by atomic mass is 10.2. The van der Waals surface area contributed by atoms with Crippen molar-refractivity contribution in [2.75, 3.05) is 0 Å². The molecule has 0 saturated carbocycles. The summed E-state index contributed by atoms with van der Waals surface area (Å²) in [4.78, 5) is 2.30. The van der Waals surface area contributed by atoms with Crippen molar-refractivity contribution in [1.29, 1.82) is 0 Å². The van der Waals surface area contributed by atoms with Crippen LogP contribution in [0.3, 0.4) is 0 Å². The van der Waals surface area contributed by atoms with E-state index < -0.39 is 0 Å². The Balaban J connectivity index is 2.44. The van der Waals surface area contributed by atoms with Gasteiger partial charge in [-0.25, -0.2) is 0 Å². The normalized spacial score (nSPS) is 10.5. The summed E-state index contributed by atoms with van der Waals surface area (Å²) in [5.41, 5.74) is 2.54. The molecule has 0 aliphatic heterocycles. The monoisotopic (exact) mass is 284 g/mol. The number of hydrogen-bond donors (Lipinski definition) is 1. The van der Waals surface area contributed by atoms with Crippen LogP contribution in [-0.4, -0.2) is 0 Å². The molecule has 1 heterocycles. The van der Waals surface area contributed by atoms with E-state index in [0.29, 0.717) is 0 Å². The van der Waals surface area contributed by atoms with Crippen LogP contribution in [0.4, 0.5) is 0 Å². The van der Waals surface area contributed by atoms with E-state index in [1.54, 1.807) is 11.3 Å². The number of rotatable bonds is 1. The van der Waals surface area contributed by atoms with Crippen LogP contribution in [0.5, 0.6) is 0 Å². The van der Waals surface area contributed by atoms with Crippen LogP contribution in [0.15, 0.2) is 39.0 Å². The van der Waals surface area contributed by atoms with Gasteiger partial charge in [0.2, 0.25) is 0 Å². The highest BCUT2D eigenvalue weighted by Crippen LogP contribution is 2.34. The molecular weight excluding hydrogens is 276 g/mol. The molecule has 0 fully saturated rings. The fraction of sp³-hybridized carbons (Fsp3) is 0.0909. The highest BCUT2D eigenvalue weighted by atomic mass is 79.9. The van der Waals surface area contributed by atoms with Crippen LogP contribution >= 0.6 is 39.9 Å². The summed E-state index contributed by atoms with van der Waals surface area (Å²) >= 11 is 9.56. The summed E-state index contributed by atoms with van der Waals surface area (Å²) < 4.78 is 1.21. The zero-order chi connectivity index (χ0) is 10.1. The molecule has 0 N–H and O–H groups in total. The van der Waals surface area contributed by atoms with Gasteiger partial charge in [0.15, 0.2) is 0 Å². The molecule has 0 nitrogen and oxygen atoms in total. The average Bonchev–Trinajstić information content (AvgIpc) is 2.48. The Bertz CT molecular complexity index is 423. The van der Waals surface area contributed by atoms with E-state index in [1.165, 1.54) is 19.8 Å². The number of halogens is 1. The minimum absolute atomic E-state index is 1.00. The molecule has 0 radical (unpaired) electrons. The molecule has 0 spiro atoms. The summed E-state index contributed by atoms with van der Waals surface area (Å²) in [7, 11) is 0. The van der Waals surface area contributed by atoms with Gasteiger partial charge in [-0.3, -0.25) is 0 Å². The summed E-state index contributed by atoms with van der Waals surface area (Å²) in [5, 5.41) is 0. The summed E-state index contributed by atoms with van der Waals surface area (Å²) in [6.07, 6.45) is 0. The minimum atomic E-state index is 1.00. The molecule has 1 aromatic heterocycles. The van der Waals surface area contributed by atoms with Gasteiger partial charge >= 0.3 is 0 Å². The van der Waals surface area contributed by atoms with E-state index in [2.05, 4.69) is 53.7 Å². The molecule has 2 rings (SSSR count). The fourth-order valence-corrected chi connectivity index (χ4v) is 2.92. The maximum absolute atomic E-state index is 4.26. The molecule has 0 aliphatic carbocycles. The van der Waals surface area contributed by atoms with Crippen LogP contribution in [0.2, 0.25) is 0 Å². The van der Waals surface area contributed by atoms with Crippen molar-refractivity contribution < 1.29 is 0 Å². The van der Waals surface area contributed by atoms with Crippen molar-refractivity contribution in [3.8, 4) is 10.4 Å². The first kappa shape index (κ1) is 10.3. The number of hydrogen-bond acceptors (Lipinski definition) is 2. The van der Waals surface area contributed by atoms with Crippen molar-refractivity contribution >= 4 is 39.9 Å². The second-order valence-electron chi connectivity index (χ2n) is 3.11. The molecule has 0 amide bonds. The van der Waals surface area contributed by atoms with Crippen LogP contribution < -0.4 is 0 Å². The Hall–Kier alpha value is -0.250. The first-order valence-electron chi connectivity index (χ1n) is 4.22. The van der Waals surface area contributed by atoms with Crippen LogP contribution in [0.1, 0.15) is 5.56 Å². The smallest absolute Gasteiger partial charge is 0.0734 e. The second kappa shape index (κ2) is 4.09. The third-order valence-electron chi connectivity index (χ3n) is 2.01. The third kappa shape index (κ3) is 2.05.